The molecule has 0 aliphatic carbocycles. The highest BCUT2D eigenvalue weighted by atomic mass is 35.5. The third-order valence-electron chi connectivity index (χ3n) is 3.42. The summed E-state index contributed by atoms with van der Waals surface area (Å²) in [7, 11) is 0. The van der Waals surface area contributed by atoms with Gasteiger partial charge in [0.1, 0.15) is 11.5 Å². The van der Waals surface area contributed by atoms with Crippen LogP contribution in [-0.2, 0) is 17.6 Å². The Hall–Kier alpha value is -2.41. The van der Waals surface area contributed by atoms with Gasteiger partial charge in [0.05, 0.1) is 16.9 Å². The van der Waals surface area contributed by atoms with Crippen molar-refractivity contribution in [2.75, 3.05) is 5.32 Å². The molecule has 1 heterocycles. The first-order valence-corrected chi connectivity index (χ1v) is 8.87. The van der Waals surface area contributed by atoms with Gasteiger partial charge in [-0.2, -0.15) is 0 Å². The van der Waals surface area contributed by atoms with Gasteiger partial charge >= 0.3 is 0 Å². The maximum absolute atomic E-state index is 11.5. The minimum Gasteiger partial charge on any atom is -0.768 e. The number of anilines is 1. The lowest BCUT2D eigenvalue weighted by atomic mass is 10.2. The van der Waals surface area contributed by atoms with E-state index in [1.807, 2.05) is 18.2 Å². The zero-order valence-corrected chi connectivity index (χ0v) is 14.6. The molecule has 128 valence electrons. The maximum atomic E-state index is 11.5. The molecule has 25 heavy (non-hydrogen) atoms. The Bertz CT molecular complexity index is 890. The number of aromatic nitrogens is 1. The lowest BCUT2D eigenvalue weighted by molar-refractivity contribution is 0.478. The van der Waals surface area contributed by atoms with Gasteiger partial charge in [-0.25, -0.2) is 0 Å². The van der Waals surface area contributed by atoms with Crippen molar-refractivity contribution < 1.29 is 13.5 Å². The molecule has 0 saturated heterocycles. The molecule has 0 amide bonds. The van der Waals surface area contributed by atoms with Crippen LogP contribution in [0, 0.1) is 0 Å². The van der Waals surface area contributed by atoms with Crippen molar-refractivity contribution in [3.8, 4) is 11.5 Å². The van der Waals surface area contributed by atoms with Crippen molar-refractivity contribution in [3.05, 3.63) is 77.6 Å². The Balaban J connectivity index is 1.83. The third-order valence-corrected chi connectivity index (χ3v) is 4.51. The molecule has 1 aromatic heterocycles. The molecule has 0 spiro atoms. The molecule has 0 bridgehead atoms. The fourth-order valence-electron chi connectivity index (χ4n) is 2.26. The molecule has 2 aromatic carbocycles. The SMILES string of the molecule is O=S([O-])c1ccc(Oc2cccnc2)cc1CNc1ccccc1Cl. The summed E-state index contributed by atoms with van der Waals surface area (Å²) in [6.07, 6.45) is 3.23. The second-order valence-corrected chi connectivity index (χ2v) is 6.44. The molecular weight excluding hydrogens is 360 g/mol. The summed E-state index contributed by atoms with van der Waals surface area (Å²) in [5, 5.41) is 3.71. The Morgan fingerprint density at radius 1 is 1.12 bits per heavy atom. The summed E-state index contributed by atoms with van der Waals surface area (Å²) in [6.45, 7) is 0.289. The number of hydrogen-bond donors (Lipinski definition) is 1. The zero-order chi connectivity index (χ0) is 17.6. The second-order valence-electron chi connectivity index (χ2n) is 5.13. The summed E-state index contributed by atoms with van der Waals surface area (Å²) in [6, 6.07) is 15.6. The Kier molecular flexibility index (Phi) is 5.65. The number of halogens is 1. The lowest BCUT2D eigenvalue weighted by Gasteiger charge is -2.16. The number of para-hydroxylation sites is 1. The standard InChI is InChI=1S/C18H15ClN2O3S/c19-16-5-1-2-6-17(16)21-11-13-10-14(7-8-18(13)25(22)23)24-15-4-3-9-20-12-15/h1-10,12,21H,11H2,(H,22,23)/p-1. The zero-order valence-electron chi connectivity index (χ0n) is 13.0. The summed E-state index contributed by atoms with van der Waals surface area (Å²) >= 11 is 3.77. The summed E-state index contributed by atoms with van der Waals surface area (Å²) in [5.41, 5.74) is 1.31. The molecule has 0 aliphatic heterocycles. The van der Waals surface area contributed by atoms with Crippen LogP contribution in [0.1, 0.15) is 5.56 Å². The van der Waals surface area contributed by atoms with Crippen molar-refractivity contribution in [2.24, 2.45) is 0 Å². The molecule has 0 fully saturated rings. The van der Waals surface area contributed by atoms with E-state index in [1.165, 1.54) is 6.07 Å². The molecule has 3 aromatic rings. The molecular formula is C18H14ClN2O3S-. The normalized spacial score (nSPS) is 11.8. The van der Waals surface area contributed by atoms with Gasteiger partial charge in [-0.05, 0) is 59.1 Å². The van der Waals surface area contributed by atoms with Crippen LogP contribution in [0.2, 0.25) is 5.02 Å². The van der Waals surface area contributed by atoms with E-state index >= 15 is 0 Å². The van der Waals surface area contributed by atoms with Crippen molar-refractivity contribution in [2.45, 2.75) is 11.4 Å². The van der Waals surface area contributed by atoms with Crippen molar-refractivity contribution >= 4 is 28.4 Å². The number of rotatable bonds is 6. The van der Waals surface area contributed by atoms with Crippen molar-refractivity contribution in [1.82, 2.24) is 4.98 Å². The topological polar surface area (TPSA) is 74.3 Å². The molecule has 1 atom stereocenters. The van der Waals surface area contributed by atoms with Gasteiger partial charge in [0.25, 0.3) is 0 Å². The number of benzene rings is 2. The van der Waals surface area contributed by atoms with E-state index in [9.17, 15) is 8.76 Å². The molecule has 5 nitrogen and oxygen atoms in total. The fourth-order valence-corrected chi connectivity index (χ4v) is 2.99. The van der Waals surface area contributed by atoms with Gasteiger partial charge in [0.2, 0.25) is 0 Å². The Labute approximate surface area is 152 Å². The second kappa shape index (κ2) is 8.11. The van der Waals surface area contributed by atoms with Crippen LogP contribution < -0.4 is 10.1 Å². The lowest BCUT2D eigenvalue weighted by Crippen LogP contribution is -2.05. The summed E-state index contributed by atoms with van der Waals surface area (Å²) in [4.78, 5) is 4.19. The molecule has 0 radical (unpaired) electrons. The highest BCUT2D eigenvalue weighted by molar-refractivity contribution is 7.79. The predicted octanol–water partition coefficient (Wildman–Crippen LogP) is 4.38. The fraction of sp³-hybridized carbons (Fsp3) is 0.0556. The smallest absolute Gasteiger partial charge is 0.145 e. The quantitative estimate of drug-likeness (QED) is 0.649. The third kappa shape index (κ3) is 4.57. The minimum absolute atomic E-state index is 0.207. The van der Waals surface area contributed by atoms with Crippen LogP contribution in [0.25, 0.3) is 0 Å². The largest absolute Gasteiger partial charge is 0.768 e. The van der Waals surface area contributed by atoms with Crippen molar-refractivity contribution in [1.29, 1.82) is 0 Å². The first-order valence-electron chi connectivity index (χ1n) is 7.42. The van der Waals surface area contributed by atoms with E-state index in [0.29, 0.717) is 22.1 Å². The molecule has 1 N–H and O–H groups in total. The van der Waals surface area contributed by atoms with Gasteiger partial charge in [0, 0.05) is 17.6 Å². The van der Waals surface area contributed by atoms with Crippen LogP contribution in [0.3, 0.4) is 0 Å². The van der Waals surface area contributed by atoms with Gasteiger partial charge in [0.15, 0.2) is 0 Å². The molecule has 0 aliphatic rings. The average molecular weight is 374 g/mol. The Morgan fingerprint density at radius 3 is 2.68 bits per heavy atom. The van der Waals surface area contributed by atoms with Gasteiger partial charge in [-0.15, -0.1) is 0 Å². The molecule has 7 heteroatoms. The molecule has 3 rings (SSSR count). The van der Waals surface area contributed by atoms with E-state index in [-0.39, 0.29) is 11.4 Å². The maximum Gasteiger partial charge on any atom is 0.145 e. The predicted molar refractivity (Wildman–Crippen MR) is 96.7 cm³/mol. The number of ether oxygens (including phenoxy) is 1. The first kappa shape index (κ1) is 17.4. The van der Waals surface area contributed by atoms with Gasteiger partial charge in [-0.3, -0.25) is 9.19 Å². The monoisotopic (exact) mass is 373 g/mol. The number of pyridine rings is 1. The van der Waals surface area contributed by atoms with E-state index in [0.717, 1.165) is 5.69 Å². The average Bonchev–Trinajstić information content (AvgIpc) is 2.62. The van der Waals surface area contributed by atoms with Crippen LogP contribution in [0.5, 0.6) is 11.5 Å². The van der Waals surface area contributed by atoms with Crippen molar-refractivity contribution in [3.63, 3.8) is 0 Å². The van der Waals surface area contributed by atoms with E-state index in [4.69, 9.17) is 16.3 Å². The van der Waals surface area contributed by atoms with E-state index in [2.05, 4.69) is 10.3 Å². The first-order chi connectivity index (χ1) is 12.1. The van der Waals surface area contributed by atoms with E-state index < -0.39 is 11.1 Å². The van der Waals surface area contributed by atoms with E-state index in [1.54, 1.807) is 42.7 Å². The molecule has 1 unspecified atom stereocenters. The number of hydrogen-bond acceptors (Lipinski definition) is 5. The summed E-state index contributed by atoms with van der Waals surface area (Å²) in [5.74, 6) is 1.10. The van der Waals surface area contributed by atoms with Gasteiger partial charge < -0.3 is 14.6 Å². The van der Waals surface area contributed by atoms with Crippen LogP contribution in [0.4, 0.5) is 5.69 Å². The number of nitrogens with one attached hydrogen (secondary N) is 1. The highest BCUT2D eigenvalue weighted by Gasteiger charge is 2.08. The molecule has 0 saturated carbocycles. The minimum atomic E-state index is -2.35. The van der Waals surface area contributed by atoms with Gasteiger partial charge in [-0.1, -0.05) is 23.7 Å². The Morgan fingerprint density at radius 2 is 1.96 bits per heavy atom. The van der Waals surface area contributed by atoms with Crippen LogP contribution in [0.15, 0.2) is 71.9 Å². The highest BCUT2D eigenvalue weighted by Crippen LogP contribution is 2.27. The summed E-state index contributed by atoms with van der Waals surface area (Å²) < 4.78 is 28.6. The van der Waals surface area contributed by atoms with Crippen LogP contribution in [-0.4, -0.2) is 13.7 Å². The number of nitrogens with zero attached hydrogens (tertiary/aromatic N) is 1. The van der Waals surface area contributed by atoms with Crippen LogP contribution >= 0.6 is 11.6 Å².